The van der Waals surface area contributed by atoms with E-state index in [1.54, 1.807) is 0 Å². The highest BCUT2D eigenvalue weighted by atomic mass is 35.5. The molecule has 7 heteroatoms. The van der Waals surface area contributed by atoms with Gasteiger partial charge < -0.3 is 15.5 Å². The molecule has 0 saturated heterocycles. The van der Waals surface area contributed by atoms with Gasteiger partial charge in [-0.15, -0.1) is 12.4 Å². The number of amides is 1. The predicted molar refractivity (Wildman–Crippen MR) is 124 cm³/mol. The third kappa shape index (κ3) is 4.27. The van der Waals surface area contributed by atoms with Crippen molar-refractivity contribution in [2.45, 2.75) is 77.7 Å². The molecule has 0 bridgehead atoms. The molecular formula is C24H40ClN3O3. The first-order valence-corrected chi connectivity index (χ1v) is 12.0. The zero-order chi connectivity index (χ0) is 21.4. The molecule has 0 heterocycles. The number of nitrogens with one attached hydrogen (secondary N) is 2. The Morgan fingerprint density at radius 1 is 1.16 bits per heavy atom. The van der Waals surface area contributed by atoms with Crippen LogP contribution in [0.2, 0.25) is 0 Å². The van der Waals surface area contributed by atoms with Crippen LogP contribution in [0, 0.1) is 34.5 Å². The van der Waals surface area contributed by atoms with Gasteiger partial charge >= 0.3 is 0 Å². The summed E-state index contributed by atoms with van der Waals surface area (Å²) in [4.78, 5) is 29.8. The smallest absolute Gasteiger partial charge is 0.207 e. The Morgan fingerprint density at radius 3 is 2.71 bits per heavy atom. The van der Waals surface area contributed by atoms with Gasteiger partial charge in [0, 0.05) is 17.9 Å². The quantitative estimate of drug-likeness (QED) is 0.349. The summed E-state index contributed by atoms with van der Waals surface area (Å²) in [7, 11) is 1.94. The highest BCUT2D eigenvalue weighted by molar-refractivity contribution is 5.87. The second kappa shape index (κ2) is 9.78. The van der Waals surface area contributed by atoms with Gasteiger partial charge in [0.2, 0.25) is 6.41 Å². The first-order chi connectivity index (χ1) is 14.4. The van der Waals surface area contributed by atoms with Crippen molar-refractivity contribution in [2.75, 3.05) is 20.2 Å². The maximum Gasteiger partial charge on any atom is 0.207 e. The predicted octanol–water partition coefficient (Wildman–Crippen LogP) is 3.73. The van der Waals surface area contributed by atoms with E-state index in [0.29, 0.717) is 36.1 Å². The molecule has 0 radical (unpaired) electrons. The van der Waals surface area contributed by atoms with E-state index in [-0.39, 0.29) is 29.3 Å². The Kier molecular flexibility index (Phi) is 7.73. The van der Waals surface area contributed by atoms with Crippen LogP contribution in [0.15, 0.2) is 5.16 Å². The van der Waals surface area contributed by atoms with Crippen LogP contribution < -0.4 is 10.6 Å². The van der Waals surface area contributed by atoms with Gasteiger partial charge in [-0.25, -0.2) is 0 Å². The number of oxime groups is 1. The van der Waals surface area contributed by atoms with Gasteiger partial charge in [0.25, 0.3) is 0 Å². The Morgan fingerprint density at radius 2 is 1.97 bits per heavy atom. The normalized spacial score (nSPS) is 42.7. The van der Waals surface area contributed by atoms with Crippen LogP contribution in [0.5, 0.6) is 0 Å². The lowest BCUT2D eigenvalue weighted by molar-refractivity contribution is -0.140. The highest BCUT2D eigenvalue weighted by Crippen LogP contribution is 2.65. The molecule has 0 aromatic heterocycles. The van der Waals surface area contributed by atoms with Crippen molar-refractivity contribution in [2.24, 2.45) is 39.7 Å². The minimum Gasteiger partial charge on any atom is -0.396 e. The average molecular weight is 454 g/mol. The average Bonchev–Trinajstić information content (AvgIpc) is 3.03. The number of nitrogens with zero attached hydrogens (tertiary/aromatic N) is 1. The number of Topliss-reactive ketones (excluding diaryl/α,β-unsaturated/α-hetero) is 1. The Bertz CT molecular complexity index is 702. The fourth-order valence-electron chi connectivity index (χ4n) is 7.72. The van der Waals surface area contributed by atoms with Crippen LogP contribution in [0.3, 0.4) is 0 Å². The summed E-state index contributed by atoms with van der Waals surface area (Å²) in [5.74, 6) is 2.56. The summed E-state index contributed by atoms with van der Waals surface area (Å²) < 4.78 is 0. The van der Waals surface area contributed by atoms with E-state index < -0.39 is 0 Å². The van der Waals surface area contributed by atoms with Gasteiger partial charge in [0.05, 0.1) is 5.71 Å². The maximum absolute atomic E-state index is 12.7. The topological polar surface area (TPSA) is 79.8 Å². The molecule has 31 heavy (non-hydrogen) atoms. The van der Waals surface area contributed by atoms with Gasteiger partial charge in [0.1, 0.15) is 12.4 Å². The monoisotopic (exact) mass is 453 g/mol. The van der Waals surface area contributed by atoms with Crippen molar-refractivity contribution in [1.82, 2.24) is 10.6 Å². The van der Waals surface area contributed by atoms with E-state index in [2.05, 4.69) is 29.6 Å². The second-order valence-electron chi connectivity index (χ2n) is 10.7. The minimum atomic E-state index is -0.126. The molecule has 4 saturated carbocycles. The van der Waals surface area contributed by atoms with Gasteiger partial charge in [-0.1, -0.05) is 19.0 Å². The van der Waals surface area contributed by atoms with E-state index >= 15 is 0 Å². The number of fused-ring (bicyclic) bond motifs is 5. The maximum atomic E-state index is 12.7. The standard InChI is InChI=1S/C24H39N3O3.ClH/c1-23-9-7-16(27-30-12-4-11-25-3)13-20(23)21(26-15-28)14-17-18-5-6-22(29)24(18,2)10-8-19(17)23;/h15,17-21,25H,4-14H2,1-3H3,(H,26,28);1H/t17-,18-,19-,20?,21-,23+,24-;/m0./s1. The number of rotatable bonds is 7. The number of carbonyl (C=O) groups excluding carboxylic acids is 2. The molecule has 2 N–H and O–H groups in total. The number of halogens is 1. The Balaban J connectivity index is 0.00000272. The third-order valence-corrected chi connectivity index (χ3v) is 9.40. The minimum absolute atomic E-state index is 0. The van der Waals surface area contributed by atoms with Crippen molar-refractivity contribution in [3.05, 3.63) is 0 Å². The zero-order valence-corrected chi connectivity index (χ0v) is 20.1. The molecule has 0 aromatic carbocycles. The molecule has 0 spiro atoms. The lowest BCUT2D eigenvalue weighted by atomic mass is 9.44. The fourth-order valence-corrected chi connectivity index (χ4v) is 7.72. The Hall–Kier alpha value is -1.14. The first kappa shape index (κ1) is 24.5. The SMILES string of the molecule is CNCCCON=C1CC[C@@]2(C)C(C1)[C@@H](NC=O)C[C@@H]1[C@@H]2CC[C@]2(C)C(=O)CC[C@@H]12.Cl. The summed E-state index contributed by atoms with van der Waals surface area (Å²) in [6.45, 7) is 6.25. The molecule has 6 nitrogen and oxygen atoms in total. The molecule has 7 atom stereocenters. The number of hydrogen-bond donors (Lipinski definition) is 2. The van der Waals surface area contributed by atoms with E-state index in [4.69, 9.17) is 4.84 Å². The largest absolute Gasteiger partial charge is 0.396 e. The van der Waals surface area contributed by atoms with Crippen LogP contribution in [-0.2, 0) is 14.4 Å². The molecule has 176 valence electrons. The first-order valence-electron chi connectivity index (χ1n) is 12.0. The van der Waals surface area contributed by atoms with Crippen molar-refractivity contribution in [3.8, 4) is 0 Å². The van der Waals surface area contributed by atoms with Gasteiger partial charge in [-0.2, -0.15) is 0 Å². The molecule has 1 amide bonds. The van der Waals surface area contributed by atoms with E-state index in [1.165, 1.54) is 0 Å². The fraction of sp³-hybridized carbons (Fsp3) is 0.875. The van der Waals surface area contributed by atoms with Crippen LogP contribution in [0.1, 0.15) is 71.6 Å². The summed E-state index contributed by atoms with van der Waals surface area (Å²) in [6, 6.07) is 0.168. The number of carbonyl (C=O) groups is 2. The van der Waals surface area contributed by atoms with E-state index in [0.717, 1.165) is 76.5 Å². The molecule has 4 rings (SSSR count). The van der Waals surface area contributed by atoms with Crippen LogP contribution in [0.25, 0.3) is 0 Å². The zero-order valence-electron chi connectivity index (χ0n) is 19.3. The molecule has 0 aliphatic heterocycles. The molecule has 4 aliphatic rings. The van der Waals surface area contributed by atoms with Crippen molar-refractivity contribution in [1.29, 1.82) is 0 Å². The summed E-state index contributed by atoms with van der Waals surface area (Å²) in [5.41, 5.74) is 1.22. The summed E-state index contributed by atoms with van der Waals surface area (Å²) in [5, 5.41) is 10.8. The second-order valence-corrected chi connectivity index (χ2v) is 10.7. The third-order valence-electron chi connectivity index (χ3n) is 9.40. The molecule has 1 unspecified atom stereocenters. The molecular weight excluding hydrogens is 414 g/mol. The highest BCUT2D eigenvalue weighted by Gasteiger charge is 2.62. The van der Waals surface area contributed by atoms with Crippen molar-refractivity contribution in [3.63, 3.8) is 0 Å². The number of ketones is 1. The van der Waals surface area contributed by atoms with E-state index in [9.17, 15) is 9.59 Å². The molecule has 4 fully saturated rings. The van der Waals surface area contributed by atoms with Crippen LogP contribution >= 0.6 is 12.4 Å². The van der Waals surface area contributed by atoms with Gasteiger partial charge in [0.15, 0.2) is 0 Å². The summed E-state index contributed by atoms with van der Waals surface area (Å²) in [6.07, 6.45) is 9.82. The lowest BCUT2D eigenvalue weighted by Crippen LogP contribution is -2.60. The van der Waals surface area contributed by atoms with E-state index in [1.807, 2.05) is 7.05 Å². The number of hydrogen-bond acceptors (Lipinski definition) is 5. The van der Waals surface area contributed by atoms with Gasteiger partial charge in [-0.05, 0) is 94.0 Å². The van der Waals surface area contributed by atoms with Crippen LogP contribution in [0.4, 0.5) is 0 Å². The lowest BCUT2D eigenvalue weighted by Gasteiger charge is -2.61. The Labute approximate surface area is 193 Å². The van der Waals surface area contributed by atoms with Crippen molar-refractivity contribution < 1.29 is 14.4 Å². The molecule has 4 aliphatic carbocycles. The van der Waals surface area contributed by atoms with Crippen LogP contribution in [-0.4, -0.2) is 44.1 Å². The van der Waals surface area contributed by atoms with Gasteiger partial charge in [-0.3, -0.25) is 9.59 Å². The molecule has 0 aromatic rings. The van der Waals surface area contributed by atoms with Crippen molar-refractivity contribution >= 4 is 30.3 Å². The summed E-state index contributed by atoms with van der Waals surface area (Å²) >= 11 is 0.